The molecule has 0 saturated carbocycles. The SMILES string of the molecule is Cc1cc(F)c(C(=O)C=CO)cc1F. The van der Waals surface area contributed by atoms with Gasteiger partial charge in [0.05, 0.1) is 11.8 Å². The van der Waals surface area contributed by atoms with Crippen molar-refractivity contribution in [3.63, 3.8) is 0 Å². The lowest BCUT2D eigenvalue weighted by atomic mass is 10.1. The van der Waals surface area contributed by atoms with E-state index in [4.69, 9.17) is 5.11 Å². The third kappa shape index (κ3) is 1.96. The van der Waals surface area contributed by atoms with Gasteiger partial charge in [0, 0.05) is 6.08 Å². The first-order valence-corrected chi connectivity index (χ1v) is 3.87. The Morgan fingerprint density at radius 1 is 1.36 bits per heavy atom. The number of hydrogen-bond donors (Lipinski definition) is 1. The van der Waals surface area contributed by atoms with E-state index in [1.54, 1.807) is 0 Å². The van der Waals surface area contributed by atoms with Crippen LogP contribution in [-0.2, 0) is 0 Å². The zero-order chi connectivity index (χ0) is 10.7. The van der Waals surface area contributed by atoms with Crippen LogP contribution in [0.5, 0.6) is 0 Å². The molecule has 0 spiro atoms. The van der Waals surface area contributed by atoms with E-state index < -0.39 is 23.0 Å². The molecule has 0 fully saturated rings. The summed E-state index contributed by atoms with van der Waals surface area (Å²) in [5.74, 6) is -2.23. The van der Waals surface area contributed by atoms with Gasteiger partial charge >= 0.3 is 0 Å². The largest absolute Gasteiger partial charge is 0.515 e. The van der Waals surface area contributed by atoms with Gasteiger partial charge in [-0.25, -0.2) is 8.78 Å². The molecule has 0 aliphatic heterocycles. The lowest BCUT2D eigenvalue weighted by molar-refractivity contribution is 0.104. The van der Waals surface area contributed by atoms with Gasteiger partial charge in [-0.05, 0) is 24.6 Å². The highest BCUT2D eigenvalue weighted by atomic mass is 19.1. The van der Waals surface area contributed by atoms with E-state index in [1.807, 2.05) is 0 Å². The molecule has 2 nitrogen and oxygen atoms in total. The molecule has 4 heteroatoms. The number of aryl methyl sites for hydroxylation is 1. The number of carbonyl (C=O) groups is 1. The smallest absolute Gasteiger partial charge is 0.191 e. The molecule has 0 aliphatic carbocycles. The molecular weight excluding hydrogens is 190 g/mol. The molecule has 74 valence electrons. The zero-order valence-corrected chi connectivity index (χ0v) is 7.42. The van der Waals surface area contributed by atoms with Crippen LogP contribution in [0, 0.1) is 18.6 Å². The summed E-state index contributed by atoms with van der Waals surface area (Å²) in [4.78, 5) is 11.1. The minimum Gasteiger partial charge on any atom is -0.515 e. The highest BCUT2D eigenvalue weighted by Gasteiger charge is 2.12. The van der Waals surface area contributed by atoms with E-state index in [-0.39, 0.29) is 5.56 Å². The van der Waals surface area contributed by atoms with Crippen molar-refractivity contribution in [1.29, 1.82) is 0 Å². The number of benzene rings is 1. The summed E-state index contributed by atoms with van der Waals surface area (Å²) in [7, 11) is 0. The van der Waals surface area contributed by atoms with Crippen LogP contribution >= 0.6 is 0 Å². The van der Waals surface area contributed by atoms with Crippen molar-refractivity contribution >= 4 is 5.78 Å². The monoisotopic (exact) mass is 198 g/mol. The Morgan fingerprint density at radius 3 is 2.57 bits per heavy atom. The Morgan fingerprint density at radius 2 is 2.00 bits per heavy atom. The highest BCUT2D eigenvalue weighted by molar-refractivity contribution is 6.04. The van der Waals surface area contributed by atoms with Crippen molar-refractivity contribution in [2.45, 2.75) is 6.92 Å². The number of halogens is 2. The summed E-state index contributed by atoms with van der Waals surface area (Å²) in [6.07, 6.45) is 1.24. The van der Waals surface area contributed by atoms with Crippen molar-refractivity contribution in [2.24, 2.45) is 0 Å². The Hall–Kier alpha value is -1.71. The molecule has 0 amide bonds. The fraction of sp³-hybridized carbons (Fsp3) is 0.100. The summed E-state index contributed by atoms with van der Waals surface area (Å²) >= 11 is 0. The summed E-state index contributed by atoms with van der Waals surface area (Å²) in [6.45, 7) is 1.40. The van der Waals surface area contributed by atoms with E-state index in [2.05, 4.69) is 0 Å². The van der Waals surface area contributed by atoms with E-state index in [0.29, 0.717) is 6.26 Å². The van der Waals surface area contributed by atoms with Crippen LogP contribution < -0.4 is 0 Å². The van der Waals surface area contributed by atoms with Gasteiger partial charge in [0.1, 0.15) is 11.6 Å². The van der Waals surface area contributed by atoms with Crippen LogP contribution in [0.15, 0.2) is 24.5 Å². The summed E-state index contributed by atoms with van der Waals surface area (Å²) < 4.78 is 26.1. The quantitative estimate of drug-likeness (QED) is 0.450. The van der Waals surface area contributed by atoms with E-state index in [9.17, 15) is 13.6 Å². The number of ketones is 1. The van der Waals surface area contributed by atoms with Gasteiger partial charge in [-0.3, -0.25) is 4.79 Å². The number of allylic oxidation sites excluding steroid dienone is 1. The Balaban J connectivity index is 3.22. The van der Waals surface area contributed by atoms with Gasteiger partial charge in [0.25, 0.3) is 0 Å². The van der Waals surface area contributed by atoms with Gasteiger partial charge < -0.3 is 5.11 Å². The average Bonchev–Trinajstić information content (AvgIpc) is 2.11. The van der Waals surface area contributed by atoms with E-state index in [1.165, 1.54) is 6.92 Å². The highest BCUT2D eigenvalue weighted by Crippen LogP contribution is 2.14. The van der Waals surface area contributed by atoms with Crippen LogP contribution in [0.3, 0.4) is 0 Å². The van der Waals surface area contributed by atoms with Crippen LogP contribution in [0.1, 0.15) is 15.9 Å². The van der Waals surface area contributed by atoms with Crippen LogP contribution in [0.25, 0.3) is 0 Å². The molecule has 1 N–H and O–H groups in total. The molecule has 1 aromatic rings. The normalized spacial score (nSPS) is 10.8. The van der Waals surface area contributed by atoms with Gasteiger partial charge in [-0.1, -0.05) is 0 Å². The topological polar surface area (TPSA) is 37.3 Å². The van der Waals surface area contributed by atoms with Crippen molar-refractivity contribution in [3.8, 4) is 0 Å². The standard InChI is InChI=1S/C10H8F2O2/c1-6-4-9(12)7(5-8(6)11)10(14)2-3-13/h2-5,13H,1H3. The summed E-state index contributed by atoms with van der Waals surface area (Å²) in [6, 6.07) is 1.75. The second kappa shape index (κ2) is 4.00. The first-order chi connectivity index (χ1) is 6.56. The minimum atomic E-state index is -0.799. The Kier molecular flexibility index (Phi) is 2.96. The molecule has 14 heavy (non-hydrogen) atoms. The maximum Gasteiger partial charge on any atom is 0.191 e. The maximum absolute atomic E-state index is 13.1. The zero-order valence-electron chi connectivity index (χ0n) is 7.42. The van der Waals surface area contributed by atoms with Crippen LogP contribution in [0.4, 0.5) is 8.78 Å². The third-order valence-corrected chi connectivity index (χ3v) is 1.74. The number of aliphatic hydroxyl groups excluding tert-OH is 1. The second-order valence-corrected chi connectivity index (χ2v) is 2.76. The van der Waals surface area contributed by atoms with Crippen molar-refractivity contribution in [2.75, 3.05) is 0 Å². The van der Waals surface area contributed by atoms with Gasteiger partial charge in [-0.2, -0.15) is 0 Å². The molecule has 0 radical (unpaired) electrons. The molecule has 1 aromatic carbocycles. The van der Waals surface area contributed by atoms with Crippen molar-refractivity contribution in [3.05, 3.63) is 47.2 Å². The van der Waals surface area contributed by atoms with Crippen LogP contribution in [0.2, 0.25) is 0 Å². The molecule has 0 bridgehead atoms. The third-order valence-electron chi connectivity index (χ3n) is 1.74. The first kappa shape index (κ1) is 10.4. The molecule has 0 heterocycles. The van der Waals surface area contributed by atoms with Crippen molar-refractivity contribution < 1.29 is 18.7 Å². The van der Waals surface area contributed by atoms with Gasteiger partial charge in [-0.15, -0.1) is 0 Å². The lowest BCUT2D eigenvalue weighted by Crippen LogP contribution is -2.01. The maximum atomic E-state index is 13.1. The predicted octanol–water partition coefficient (Wildman–Crippen LogP) is 2.53. The number of rotatable bonds is 2. The fourth-order valence-corrected chi connectivity index (χ4v) is 0.993. The molecule has 0 saturated heterocycles. The van der Waals surface area contributed by atoms with Gasteiger partial charge in [0.2, 0.25) is 0 Å². The van der Waals surface area contributed by atoms with Gasteiger partial charge in [0.15, 0.2) is 5.78 Å². The average molecular weight is 198 g/mol. The second-order valence-electron chi connectivity index (χ2n) is 2.76. The predicted molar refractivity (Wildman–Crippen MR) is 47.2 cm³/mol. The number of hydrogen-bond acceptors (Lipinski definition) is 2. The molecular formula is C10H8F2O2. The minimum absolute atomic E-state index is 0.132. The van der Waals surface area contributed by atoms with E-state index in [0.717, 1.165) is 18.2 Å². The summed E-state index contributed by atoms with van der Waals surface area (Å²) in [5.41, 5.74) is -0.259. The first-order valence-electron chi connectivity index (χ1n) is 3.87. The molecule has 0 unspecified atom stereocenters. The molecule has 1 rings (SSSR count). The Bertz CT molecular complexity index is 397. The summed E-state index contributed by atoms with van der Waals surface area (Å²) in [5, 5.41) is 8.30. The van der Waals surface area contributed by atoms with Crippen LogP contribution in [-0.4, -0.2) is 10.9 Å². The molecule has 0 aromatic heterocycles. The fourth-order valence-electron chi connectivity index (χ4n) is 0.993. The molecule has 0 aliphatic rings. The lowest BCUT2D eigenvalue weighted by Gasteiger charge is -2.01. The number of aliphatic hydroxyl groups is 1. The number of carbonyl (C=O) groups excluding carboxylic acids is 1. The van der Waals surface area contributed by atoms with Crippen molar-refractivity contribution in [1.82, 2.24) is 0 Å². The van der Waals surface area contributed by atoms with E-state index >= 15 is 0 Å². The Labute approximate surface area is 79.5 Å². The molecule has 0 atom stereocenters.